The number of nitrogens with zero attached hydrogens (tertiary/aromatic N) is 1. The van der Waals surface area contributed by atoms with Crippen LogP contribution in [-0.4, -0.2) is 10.1 Å². The van der Waals surface area contributed by atoms with E-state index in [1.807, 2.05) is 42.5 Å². The molecule has 0 atom stereocenters. The number of para-hydroxylation sites is 1. The third-order valence-electron chi connectivity index (χ3n) is 3.63. The third-order valence-corrected chi connectivity index (χ3v) is 3.63. The first kappa shape index (κ1) is 12.7. The van der Waals surface area contributed by atoms with Crippen molar-refractivity contribution in [3.63, 3.8) is 0 Å². The van der Waals surface area contributed by atoms with Crippen LogP contribution >= 0.6 is 0 Å². The van der Waals surface area contributed by atoms with Crippen LogP contribution in [-0.2, 0) is 0 Å². The first-order valence-corrected chi connectivity index (χ1v) is 7.06. The molecule has 0 radical (unpaired) electrons. The highest BCUT2D eigenvalue weighted by Crippen LogP contribution is 2.32. The summed E-state index contributed by atoms with van der Waals surface area (Å²) in [6, 6.07) is 23.1. The molecule has 0 saturated carbocycles. The van der Waals surface area contributed by atoms with Crippen molar-refractivity contribution in [2.24, 2.45) is 0 Å². The predicted molar refractivity (Wildman–Crippen MR) is 86.5 cm³/mol. The molecule has 1 N–H and O–H groups in total. The molecule has 106 valence electrons. The van der Waals surface area contributed by atoms with E-state index in [1.165, 1.54) is 0 Å². The summed E-state index contributed by atoms with van der Waals surface area (Å²) in [6.07, 6.45) is 0. The summed E-state index contributed by atoms with van der Waals surface area (Å²) in [5, 5.41) is 9.92. The molecular formula is C19H13NO2. The van der Waals surface area contributed by atoms with Gasteiger partial charge in [-0.05, 0) is 35.4 Å². The highest BCUT2D eigenvalue weighted by Gasteiger charge is 2.12. The number of phenols is 1. The molecule has 0 fully saturated rings. The first-order chi connectivity index (χ1) is 10.8. The molecular weight excluding hydrogens is 274 g/mol. The molecule has 0 unspecified atom stereocenters. The minimum Gasteiger partial charge on any atom is -0.507 e. The number of benzene rings is 3. The van der Waals surface area contributed by atoms with E-state index in [1.54, 1.807) is 18.2 Å². The van der Waals surface area contributed by atoms with E-state index < -0.39 is 0 Å². The summed E-state index contributed by atoms with van der Waals surface area (Å²) in [7, 11) is 0. The quantitative estimate of drug-likeness (QED) is 0.572. The monoisotopic (exact) mass is 287 g/mol. The summed E-state index contributed by atoms with van der Waals surface area (Å²) in [5.74, 6) is 0.593. The maximum atomic E-state index is 9.92. The lowest BCUT2D eigenvalue weighted by Crippen LogP contribution is -1.78. The van der Waals surface area contributed by atoms with Crippen LogP contribution in [0, 0.1) is 0 Å². The van der Waals surface area contributed by atoms with Crippen molar-refractivity contribution in [3.05, 3.63) is 72.8 Å². The Morgan fingerprint density at radius 1 is 0.773 bits per heavy atom. The van der Waals surface area contributed by atoms with Crippen LogP contribution in [0.3, 0.4) is 0 Å². The van der Waals surface area contributed by atoms with E-state index >= 15 is 0 Å². The first-order valence-electron chi connectivity index (χ1n) is 7.06. The topological polar surface area (TPSA) is 46.3 Å². The van der Waals surface area contributed by atoms with E-state index in [0.717, 1.165) is 16.6 Å². The van der Waals surface area contributed by atoms with Gasteiger partial charge in [0.05, 0.1) is 5.56 Å². The highest BCUT2D eigenvalue weighted by atomic mass is 16.3. The van der Waals surface area contributed by atoms with Crippen molar-refractivity contribution in [1.29, 1.82) is 0 Å². The van der Waals surface area contributed by atoms with Gasteiger partial charge in [-0.15, -0.1) is 0 Å². The van der Waals surface area contributed by atoms with Crippen molar-refractivity contribution in [2.75, 3.05) is 0 Å². The zero-order chi connectivity index (χ0) is 14.9. The second-order valence-corrected chi connectivity index (χ2v) is 5.08. The molecule has 1 aromatic heterocycles. The van der Waals surface area contributed by atoms with Gasteiger partial charge >= 0.3 is 0 Å². The van der Waals surface area contributed by atoms with Gasteiger partial charge in [-0.25, -0.2) is 4.98 Å². The molecule has 3 nitrogen and oxygen atoms in total. The summed E-state index contributed by atoms with van der Waals surface area (Å²) >= 11 is 0. The Hall–Kier alpha value is -3.07. The van der Waals surface area contributed by atoms with Gasteiger partial charge in [-0.3, -0.25) is 0 Å². The number of rotatable bonds is 2. The zero-order valence-corrected chi connectivity index (χ0v) is 11.7. The molecule has 4 aromatic rings. The van der Waals surface area contributed by atoms with Gasteiger partial charge in [0.25, 0.3) is 0 Å². The Morgan fingerprint density at radius 2 is 1.55 bits per heavy atom. The fourth-order valence-corrected chi connectivity index (χ4v) is 2.51. The van der Waals surface area contributed by atoms with Crippen LogP contribution in [0.2, 0.25) is 0 Å². The second kappa shape index (κ2) is 5.04. The number of fused-ring (bicyclic) bond motifs is 1. The van der Waals surface area contributed by atoms with Gasteiger partial charge in [0.1, 0.15) is 11.3 Å². The molecule has 3 aromatic carbocycles. The third kappa shape index (κ3) is 2.13. The van der Waals surface area contributed by atoms with Gasteiger partial charge in [-0.2, -0.15) is 0 Å². The van der Waals surface area contributed by atoms with Crippen LogP contribution in [0.15, 0.2) is 77.2 Å². The molecule has 0 aliphatic carbocycles. The molecule has 0 aliphatic heterocycles. The maximum absolute atomic E-state index is 9.92. The summed E-state index contributed by atoms with van der Waals surface area (Å²) in [6.45, 7) is 0. The lowest BCUT2D eigenvalue weighted by Gasteiger charge is -1.99. The average Bonchev–Trinajstić information content (AvgIpc) is 2.99. The second-order valence-electron chi connectivity index (χ2n) is 5.08. The smallest absolute Gasteiger partial charge is 0.231 e. The van der Waals surface area contributed by atoms with Crippen LogP contribution < -0.4 is 0 Å². The van der Waals surface area contributed by atoms with E-state index in [-0.39, 0.29) is 5.75 Å². The van der Waals surface area contributed by atoms with Crippen LogP contribution in [0.1, 0.15) is 0 Å². The number of aromatic hydroxyl groups is 1. The van der Waals surface area contributed by atoms with Crippen molar-refractivity contribution in [1.82, 2.24) is 4.98 Å². The number of phenolic OH excluding ortho intramolecular Hbond substituents is 1. The molecule has 0 amide bonds. The van der Waals surface area contributed by atoms with Gasteiger partial charge in [0, 0.05) is 0 Å². The summed E-state index contributed by atoms with van der Waals surface area (Å²) < 4.78 is 5.75. The number of oxazole rings is 1. The highest BCUT2D eigenvalue weighted by molar-refractivity contribution is 5.82. The van der Waals surface area contributed by atoms with Crippen molar-refractivity contribution in [2.45, 2.75) is 0 Å². The van der Waals surface area contributed by atoms with Crippen molar-refractivity contribution < 1.29 is 9.52 Å². The number of hydrogen-bond acceptors (Lipinski definition) is 3. The summed E-state index contributed by atoms with van der Waals surface area (Å²) in [5.41, 5.74) is 4.30. The summed E-state index contributed by atoms with van der Waals surface area (Å²) in [4.78, 5) is 4.50. The molecule has 3 heteroatoms. The Bertz CT molecular complexity index is 942. The molecule has 1 heterocycles. The molecule has 0 saturated heterocycles. The lowest BCUT2D eigenvalue weighted by atomic mass is 10.1. The fraction of sp³-hybridized carbons (Fsp3) is 0. The van der Waals surface area contributed by atoms with Gasteiger partial charge < -0.3 is 9.52 Å². The van der Waals surface area contributed by atoms with Gasteiger partial charge in [0.15, 0.2) is 5.58 Å². The van der Waals surface area contributed by atoms with E-state index in [4.69, 9.17) is 4.42 Å². The Balaban J connectivity index is 1.84. The van der Waals surface area contributed by atoms with Crippen LogP contribution in [0.25, 0.3) is 33.7 Å². The number of aromatic nitrogens is 1. The van der Waals surface area contributed by atoms with Gasteiger partial charge in [0.2, 0.25) is 5.89 Å². The van der Waals surface area contributed by atoms with Gasteiger partial charge in [-0.1, -0.05) is 48.5 Å². The molecule has 0 spiro atoms. The maximum Gasteiger partial charge on any atom is 0.231 e. The fourth-order valence-electron chi connectivity index (χ4n) is 2.51. The van der Waals surface area contributed by atoms with E-state index in [2.05, 4.69) is 17.1 Å². The Labute approximate surface area is 127 Å². The average molecular weight is 287 g/mol. The Kier molecular flexibility index (Phi) is 2.90. The largest absolute Gasteiger partial charge is 0.507 e. The predicted octanol–water partition coefficient (Wildman–Crippen LogP) is 4.87. The molecule has 4 rings (SSSR count). The number of hydrogen-bond donors (Lipinski definition) is 1. The SMILES string of the molecule is Oc1ccccc1-c1nc2cc(-c3ccccc3)ccc2o1. The van der Waals surface area contributed by atoms with E-state index in [0.29, 0.717) is 17.0 Å². The zero-order valence-electron chi connectivity index (χ0n) is 11.7. The molecule has 0 bridgehead atoms. The van der Waals surface area contributed by atoms with Crippen molar-refractivity contribution in [3.8, 4) is 28.3 Å². The normalized spacial score (nSPS) is 10.9. The Morgan fingerprint density at radius 3 is 2.36 bits per heavy atom. The minimum atomic E-state index is 0.164. The standard InChI is InChI=1S/C19H13NO2/c21-17-9-5-4-8-15(17)19-20-16-12-14(10-11-18(16)22-19)13-6-2-1-3-7-13/h1-12,21H. The molecule has 0 aliphatic rings. The van der Waals surface area contributed by atoms with Crippen molar-refractivity contribution >= 4 is 11.1 Å². The van der Waals surface area contributed by atoms with Crippen LogP contribution in [0.5, 0.6) is 5.75 Å². The van der Waals surface area contributed by atoms with E-state index in [9.17, 15) is 5.11 Å². The minimum absolute atomic E-state index is 0.164. The van der Waals surface area contributed by atoms with Crippen LogP contribution in [0.4, 0.5) is 0 Å². The molecule has 22 heavy (non-hydrogen) atoms. The lowest BCUT2D eigenvalue weighted by molar-refractivity contribution is 0.474.